The lowest BCUT2D eigenvalue weighted by Crippen LogP contribution is -2.15. The summed E-state index contributed by atoms with van der Waals surface area (Å²) in [4.78, 5) is 10.6. The third-order valence-electron chi connectivity index (χ3n) is 6.09. The standard InChI is InChI=1S/C26H14Br2N4OS/c27-18-12-19(34-23(18)28)24-30-25-21-20(15-7-2-1-3-8-15)17-11-10-14-6-4-5-9-16(14)22(17)33-26(21)29-13-32(25)31-24/h1-13,20H. The van der Waals surface area contributed by atoms with Crippen molar-refractivity contribution >= 4 is 59.6 Å². The fraction of sp³-hybridized carbons (Fsp3) is 0.0385. The summed E-state index contributed by atoms with van der Waals surface area (Å²) in [6.45, 7) is 0. The first-order valence-corrected chi connectivity index (χ1v) is 13.0. The third-order valence-corrected chi connectivity index (χ3v) is 9.35. The van der Waals surface area contributed by atoms with Crippen molar-refractivity contribution in [2.45, 2.75) is 5.92 Å². The average molecular weight is 590 g/mol. The van der Waals surface area contributed by atoms with Crippen LogP contribution in [0.4, 0.5) is 0 Å². The van der Waals surface area contributed by atoms with Gasteiger partial charge in [-0.1, -0.05) is 66.7 Å². The smallest absolute Gasteiger partial charge is 0.228 e. The number of nitrogens with zero attached hydrogens (tertiary/aromatic N) is 4. The number of rotatable bonds is 2. The van der Waals surface area contributed by atoms with Crippen LogP contribution in [-0.4, -0.2) is 19.6 Å². The van der Waals surface area contributed by atoms with Crippen LogP contribution in [0.1, 0.15) is 22.6 Å². The molecule has 164 valence electrons. The van der Waals surface area contributed by atoms with Crippen molar-refractivity contribution in [2.75, 3.05) is 0 Å². The fourth-order valence-corrected chi connectivity index (χ4v) is 6.56. The Labute approximate surface area is 215 Å². The van der Waals surface area contributed by atoms with E-state index in [4.69, 9.17) is 14.8 Å². The fourth-order valence-electron chi connectivity index (χ4n) is 4.60. The molecular weight excluding hydrogens is 576 g/mol. The molecule has 3 aromatic heterocycles. The Morgan fingerprint density at radius 3 is 2.59 bits per heavy atom. The topological polar surface area (TPSA) is 52.3 Å². The number of thiophene rings is 1. The van der Waals surface area contributed by atoms with Gasteiger partial charge in [-0.15, -0.1) is 16.4 Å². The van der Waals surface area contributed by atoms with E-state index in [0.717, 1.165) is 52.0 Å². The van der Waals surface area contributed by atoms with Crippen LogP contribution in [0.15, 0.2) is 87.4 Å². The van der Waals surface area contributed by atoms with Gasteiger partial charge in [0.1, 0.15) is 12.1 Å². The molecule has 1 unspecified atom stereocenters. The number of ether oxygens (including phenoxy) is 1. The van der Waals surface area contributed by atoms with Gasteiger partial charge in [0.25, 0.3) is 0 Å². The van der Waals surface area contributed by atoms with Crippen molar-refractivity contribution in [3.63, 3.8) is 0 Å². The minimum Gasteiger partial charge on any atom is -0.438 e. The van der Waals surface area contributed by atoms with Crippen LogP contribution < -0.4 is 4.74 Å². The summed E-state index contributed by atoms with van der Waals surface area (Å²) in [6.07, 6.45) is 1.68. The molecule has 34 heavy (non-hydrogen) atoms. The lowest BCUT2D eigenvalue weighted by molar-refractivity contribution is 0.437. The van der Waals surface area contributed by atoms with Crippen LogP contribution in [0, 0.1) is 0 Å². The number of halogens is 2. The van der Waals surface area contributed by atoms with E-state index in [1.165, 1.54) is 0 Å². The highest BCUT2D eigenvalue weighted by Crippen LogP contribution is 2.50. The van der Waals surface area contributed by atoms with Crippen molar-refractivity contribution in [3.05, 3.63) is 104 Å². The van der Waals surface area contributed by atoms with E-state index in [9.17, 15) is 0 Å². The summed E-state index contributed by atoms with van der Waals surface area (Å²) in [6, 6.07) is 25.1. The molecule has 0 aliphatic carbocycles. The summed E-state index contributed by atoms with van der Waals surface area (Å²) in [5, 5.41) is 6.94. The molecule has 6 aromatic rings. The molecule has 0 bridgehead atoms. The second-order valence-corrected chi connectivity index (χ2v) is 11.3. The van der Waals surface area contributed by atoms with Crippen LogP contribution in [0.25, 0.3) is 27.1 Å². The molecule has 4 heterocycles. The van der Waals surface area contributed by atoms with Gasteiger partial charge < -0.3 is 4.74 Å². The molecule has 0 saturated carbocycles. The second-order valence-electron chi connectivity index (χ2n) is 8.05. The number of hydrogen-bond donors (Lipinski definition) is 0. The Kier molecular flexibility index (Phi) is 4.62. The van der Waals surface area contributed by atoms with Crippen molar-refractivity contribution in [3.8, 4) is 22.3 Å². The highest BCUT2D eigenvalue weighted by molar-refractivity contribution is 9.13. The largest absolute Gasteiger partial charge is 0.438 e. The molecule has 1 atom stereocenters. The highest BCUT2D eigenvalue weighted by Gasteiger charge is 2.34. The summed E-state index contributed by atoms with van der Waals surface area (Å²) in [5.74, 6) is 1.99. The monoisotopic (exact) mass is 588 g/mol. The molecule has 8 heteroatoms. The minimum absolute atomic E-state index is 0.0837. The Morgan fingerprint density at radius 1 is 0.941 bits per heavy atom. The zero-order valence-corrected chi connectivity index (χ0v) is 21.4. The van der Waals surface area contributed by atoms with Crippen molar-refractivity contribution in [2.24, 2.45) is 0 Å². The van der Waals surface area contributed by atoms with E-state index < -0.39 is 0 Å². The molecule has 7 rings (SSSR count). The molecule has 0 spiro atoms. The van der Waals surface area contributed by atoms with Crippen LogP contribution in [-0.2, 0) is 0 Å². The van der Waals surface area contributed by atoms with Gasteiger partial charge in [-0.3, -0.25) is 0 Å². The number of hydrogen-bond acceptors (Lipinski definition) is 5. The number of fused-ring (bicyclic) bond motifs is 6. The van der Waals surface area contributed by atoms with Crippen LogP contribution in [0.2, 0.25) is 0 Å². The predicted octanol–water partition coefficient (Wildman–Crippen LogP) is 7.82. The summed E-state index contributed by atoms with van der Waals surface area (Å²) in [5.41, 5.74) is 3.92. The van der Waals surface area contributed by atoms with Gasteiger partial charge in [0.05, 0.1) is 14.2 Å². The zero-order valence-electron chi connectivity index (χ0n) is 17.4. The summed E-state index contributed by atoms with van der Waals surface area (Å²) >= 11 is 8.72. The van der Waals surface area contributed by atoms with Gasteiger partial charge in [0.15, 0.2) is 11.5 Å². The van der Waals surface area contributed by atoms with Crippen molar-refractivity contribution in [1.82, 2.24) is 19.6 Å². The maximum absolute atomic E-state index is 6.48. The first kappa shape index (κ1) is 20.3. The lowest BCUT2D eigenvalue weighted by Gasteiger charge is -2.28. The summed E-state index contributed by atoms with van der Waals surface area (Å²) in [7, 11) is 0. The Morgan fingerprint density at radius 2 is 1.76 bits per heavy atom. The molecule has 0 saturated heterocycles. The van der Waals surface area contributed by atoms with E-state index >= 15 is 0 Å². The van der Waals surface area contributed by atoms with Crippen molar-refractivity contribution in [1.29, 1.82) is 0 Å². The molecule has 0 N–H and O–H groups in total. The molecule has 1 aliphatic heterocycles. The van der Waals surface area contributed by atoms with Gasteiger partial charge in [0, 0.05) is 21.3 Å². The average Bonchev–Trinajstić information content (AvgIpc) is 3.46. The van der Waals surface area contributed by atoms with Gasteiger partial charge in [0.2, 0.25) is 5.88 Å². The number of aromatic nitrogens is 4. The summed E-state index contributed by atoms with van der Waals surface area (Å²) < 4.78 is 10.2. The molecule has 0 radical (unpaired) electrons. The van der Waals surface area contributed by atoms with Crippen LogP contribution >= 0.6 is 43.2 Å². The van der Waals surface area contributed by atoms with E-state index in [2.05, 4.69) is 85.4 Å². The molecular formula is C26H14Br2N4OS. The quantitative estimate of drug-likeness (QED) is 0.206. The Bertz CT molecular complexity index is 1710. The Balaban J connectivity index is 1.51. The number of benzene rings is 3. The predicted molar refractivity (Wildman–Crippen MR) is 141 cm³/mol. The molecule has 3 aromatic carbocycles. The van der Waals surface area contributed by atoms with Gasteiger partial charge in [-0.05, 0) is 48.9 Å². The van der Waals surface area contributed by atoms with Gasteiger partial charge >= 0.3 is 0 Å². The zero-order chi connectivity index (χ0) is 22.8. The van der Waals surface area contributed by atoms with Crippen molar-refractivity contribution < 1.29 is 4.74 Å². The lowest BCUT2D eigenvalue weighted by atomic mass is 9.83. The van der Waals surface area contributed by atoms with E-state index in [0.29, 0.717) is 11.7 Å². The van der Waals surface area contributed by atoms with Crippen LogP contribution in [0.3, 0.4) is 0 Å². The maximum Gasteiger partial charge on any atom is 0.228 e. The van der Waals surface area contributed by atoms with Gasteiger partial charge in [-0.25, -0.2) is 14.5 Å². The van der Waals surface area contributed by atoms with E-state index in [-0.39, 0.29) is 5.92 Å². The SMILES string of the molecule is Brc1cc(-c2nc3c4c(ncn3n2)Oc2c(ccc3ccccc23)C4c2ccccc2)sc1Br. The molecule has 0 fully saturated rings. The first-order chi connectivity index (χ1) is 16.7. The molecule has 5 nitrogen and oxygen atoms in total. The first-order valence-electron chi connectivity index (χ1n) is 10.6. The maximum atomic E-state index is 6.48. The van der Waals surface area contributed by atoms with E-state index in [1.807, 2.05) is 24.3 Å². The van der Waals surface area contributed by atoms with Crippen LogP contribution in [0.5, 0.6) is 11.6 Å². The van der Waals surface area contributed by atoms with Gasteiger partial charge in [-0.2, -0.15) is 0 Å². The molecule has 0 amide bonds. The molecule has 1 aliphatic rings. The van der Waals surface area contributed by atoms with E-state index in [1.54, 1.807) is 22.2 Å². The third kappa shape index (κ3) is 3.06. The highest BCUT2D eigenvalue weighted by atomic mass is 79.9. The minimum atomic E-state index is -0.0837. The second kappa shape index (κ2) is 7.73. The Hall–Kier alpha value is -3.07. The normalized spacial score (nSPS) is 14.7.